The number of rotatable bonds is 8. The van der Waals surface area contributed by atoms with E-state index in [0.717, 1.165) is 17.2 Å². The Labute approximate surface area is 212 Å². The summed E-state index contributed by atoms with van der Waals surface area (Å²) in [6.45, 7) is 6.56. The molecule has 3 aromatic rings. The summed E-state index contributed by atoms with van der Waals surface area (Å²) in [5.74, 6) is -0.513. The zero-order valence-electron chi connectivity index (χ0n) is 20.0. The molecule has 5 nitrogen and oxygen atoms in total. The Kier molecular flexibility index (Phi) is 8.24. The maximum atomic E-state index is 14.0. The number of nitrogens with zero attached hydrogens (tertiary/aromatic N) is 2. The molecule has 1 saturated heterocycles. The fraction of sp³-hybridized carbons (Fsp3) is 0.333. The molecule has 1 atom stereocenters. The Morgan fingerprint density at radius 3 is 2.34 bits per heavy atom. The van der Waals surface area contributed by atoms with Gasteiger partial charge < -0.3 is 4.74 Å². The van der Waals surface area contributed by atoms with Gasteiger partial charge in [-0.25, -0.2) is 12.8 Å². The molecule has 8 heteroatoms. The second-order valence-electron chi connectivity index (χ2n) is 8.96. The number of halogens is 2. The molecule has 3 aromatic carbocycles. The number of aryl methyl sites for hydroxylation is 2. The summed E-state index contributed by atoms with van der Waals surface area (Å²) >= 11 is 6.09. The van der Waals surface area contributed by atoms with E-state index in [0.29, 0.717) is 49.9 Å². The lowest BCUT2D eigenvalue weighted by Gasteiger charge is -2.36. The zero-order valence-corrected chi connectivity index (χ0v) is 21.5. The van der Waals surface area contributed by atoms with Crippen molar-refractivity contribution in [3.8, 4) is 0 Å². The highest BCUT2D eigenvalue weighted by Crippen LogP contribution is 2.25. The van der Waals surface area contributed by atoms with E-state index in [4.69, 9.17) is 16.3 Å². The molecule has 1 heterocycles. The standard InChI is InChI=1S/C27H30ClFN2O3S/c1-20-4-3-5-22(16-20)19-34-27(23-7-9-24(28)10-8-23)18-30-12-14-31(15-13-30)35(32,33)25-11-6-21(2)26(29)17-25/h3-11,16-17,27H,12-15,18-19H2,1-2H3. The summed E-state index contributed by atoms with van der Waals surface area (Å²) < 4.78 is 47.8. The van der Waals surface area contributed by atoms with E-state index >= 15 is 0 Å². The minimum absolute atomic E-state index is 0.00502. The molecule has 1 unspecified atom stereocenters. The van der Waals surface area contributed by atoms with Crippen molar-refractivity contribution in [2.45, 2.75) is 31.5 Å². The van der Waals surface area contributed by atoms with Crippen LogP contribution in [0, 0.1) is 19.7 Å². The molecule has 1 aliphatic heterocycles. The van der Waals surface area contributed by atoms with Crippen LogP contribution in [-0.4, -0.2) is 50.3 Å². The number of hydrogen-bond donors (Lipinski definition) is 0. The summed E-state index contributed by atoms with van der Waals surface area (Å²) in [7, 11) is -3.74. The summed E-state index contributed by atoms with van der Waals surface area (Å²) in [4.78, 5) is 2.20. The average Bonchev–Trinajstić information content (AvgIpc) is 2.84. The van der Waals surface area contributed by atoms with Crippen LogP contribution in [0.1, 0.15) is 28.4 Å². The van der Waals surface area contributed by atoms with Gasteiger partial charge in [-0.05, 0) is 54.8 Å². The van der Waals surface area contributed by atoms with Gasteiger partial charge in [0.15, 0.2) is 0 Å². The molecule has 0 amide bonds. The van der Waals surface area contributed by atoms with E-state index in [1.54, 1.807) is 6.92 Å². The fourth-order valence-corrected chi connectivity index (χ4v) is 5.76. The zero-order chi connectivity index (χ0) is 25.0. The highest BCUT2D eigenvalue weighted by molar-refractivity contribution is 7.89. The van der Waals surface area contributed by atoms with Crippen molar-refractivity contribution in [1.82, 2.24) is 9.21 Å². The fourth-order valence-electron chi connectivity index (χ4n) is 4.20. The van der Waals surface area contributed by atoms with Crippen molar-refractivity contribution in [3.05, 3.63) is 99.8 Å². The third-order valence-corrected chi connectivity index (χ3v) is 8.46. The SMILES string of the molecule is Cc1cccc(COC(CN2CCN(S(=O)(=O)c3ccc(C)c(F)c3)CC2)c2ccc(Cl)cc2)c1. The third-order valence-electron chi connectivity index (χ3n) is 6.31. The first-order valence-corrected chi connectivity index (χ1v) is 13.5. The quantitative estimate of drug-likeness (QED) is 0.404. The van der Waals surface area contributed by atoms with E-state index < -0.39 is 15.8 Å². The van der Waals surface area contributed by atoms with Crippen molar-refractivity contribution in [3.63, 3.8) is 0 Å². The van der Waals surface area contributed by atoms with Gasteiger partial charge in [0, 0.05) is 37.7 Å². The molecule has 0 aliphatic carbocycles. The second kappa shape index (κ2) is 11.2. The summed E-state index contributed by atoms with van der Waals surface area (Å²) in [6, 6.07) is 19.9. The third kappa shape index (κ3) is 6.48. The van der Waals surface area contributed by atoms with Crippen LogP contribution >= 0.6 is 11.6 Å². The lowest BCUT2D eigenvalue weighted by molar-refractivity contribution is 0.00771. The first-order chi connectivity index (χ1) is 16.7. The van der Waals surface area contributed by atoms with Gasteiger partial charge in [0.05, 0.1) is 17.6 Å². The molecule has 0 radical (unpaired) electrons. The number of benzene rings is 3. The van der Waals surface area contributed by atoms with Crippen molar-refractivity contribution >= 4 is 21.6 Å². The molecule has 0 spiro atoms. The minimum atomic E-state index is -3.74. The highest BCUT2D eigenvalue weighted by atomic mass is 35.5. The van der Waals surface area contributed by atoms with Crippen LogP contribution in [0.4, 0.5) is 4.39 Å². The van der Waals surface area contributed by atoms with Gasteiger partial charge in [-0.3, -0.25) is 4.90 Å². The van der Waals surface area contributed by atoms with Crippen LogP contribution in [0.15, 0.2) is 71.6 Å². The van der Waals surface area contributed by atoms with Crippen LogP contribution in [0.2, 0.25) is 5.02 Å². The number of sulfonamides is 1. The molecule has 0 aromatic heterocycles. The summed E-state index contributed by atoms with van der Waals surface area (Å²) in [5.41, 5.74) is 3.73. The number of hydrogen-bond acceptors (Lipinski definition) is 4. The predicted octanol–water partition coefficient (Wildman–Crippen LogP) is 5.36. The predicted molar refractivity (Wildman–Crippen MR) is 136 cm³/mol. The molecule has 186 valence electrons. The van der Waals surface area contributed by atoms with Crippen LogP contribution in [0.25, 0.3) is 0 Å². The topological polar surface area (TPSA) is 49.9 Å². The van der Waals surface area contributed by atoms with E-state index in [1.165, 1.54) is 22.0 Å². The van der Waals surface area contributed by atoms with Crippen LogP contribution in [0.5, 0.6) is 0 Å². The molecule has 0 saturated carbocycles. The van der Waals surface area contributed by atoms with Crippen molar-refractivity contribution in [1.29, 1.82) is 0 Å². The molecule has 0 bridgehead atoms. The molecule has 1 aliphatic rings. The largest absolute Gasteiger partial charge is 0.368 e. The number of ether oxygens (including phenoxy) is 1. The van der Waals surface area contributed by atoms with E-state index in [9.17, 15) is 12.8 Å². The highest BCUT2D eigenvalue weighted by Gasteiger charge is 2.30. The first-order valence-electron chi connectivity index (χ1n) is 11.6. The van der Waals surface area contributed by atoms with Gasteiger partial charge in [0.1, 0.15) is 5.82 Å². The van der Waals surface area contributed by atoms with Crippen LogP contribution < -0.4 is 0 Å². The van der Waals surface area contributed by atoms with Gasteiger partial charge in [-0.2, -0.15) is 4.31 Å². The Hall–Kier alpha value is -2.29. The molecular formula is C27H30ClFN2O3S. The van der Waals surface area contributed by atoms with E-state index in [-0.39, 0.29) is 11.0 Å². The molecule has 1 fully saturated rings. The van der Waals surface area contributed by atoms with Gasteiger partial charge in [-0.1, -0.05) is 59.6 Å². The maximum Gasteiger partial charge on any atom is 0.243 e. The van der Waals surface area contributed by atoms with Gasteiger partial charge in [0.2, 0.25) is 10.0 Å². The normalized spacial score (nSPS) is 16.3. The van der Waals surface area contributed by atoms with Crippen LogP contribution in [-0.2, 0) is 21.4 Å². The Balaban J connectivity index is 1.42. The Bertz CT molecular complexity index is 1260. The smallest absolute Gasteiger partial charge is 0.243 e. The lowest BCUT2D eigenvalue weighted by atomic mass is 10.1. The van der Waals surface area contributed by atoms with Gasteiger partial charge in [0.25, 0.3) is 0 Å². The van der Waals surface area contributed by atoms with Crippen molar-refractivity contribution in [2.75, 3.05) is 32.7 Å². The van der Waals surface area contributed by atoms with Crippen LogP contribution in [0.3, 0.4) is 0 Å². The van der Waals surface area contributed by atoms with E-state index in [1.807, 2.05) is 36.4 Å². The monoisotopic (exact) mass is 516 g/mol. The van der Waals surface area contributed by atoms with Gasteiger partial charge >= 0.3 is 0 Å². The van der Waals surface area contributed by atoms with Gasteiger partial charge in [-0.15, -0.1) is 0 Å². The average molecular weight is 517 g/mol. The first kappa shape index (κ1) is 25.8. The Morgan fingerprint density at radius 1 is 0.971 bits per heavy atom. The molecular weight excluding hydrogens is 487 g/mol. The molecule has 35 heavy (non-hydrogen) atoms. The van der Waals surface area contributed by atoms with E-state index in [2.05, 4.69) is 24.0 Å². The maximum absolute atomic E-state index is 14.0. The Morgan fingerprint density at radius 2 is 1.69 bits per heavy atom. The lowest BCUT2D eigenvalue weighted by Crippen LogP contribution is -2.49. The molecule has 4 rings (SSSR count). The summed E-state index contributed by atoms with van der Waals surface area (Å²) in [6.07, 6.45) is -0.192. The minimum Gasteiger partial charge on any atom is -0.368 e. The van der Waals surface area contributed by atoms with Crippen molar-refractivity contribution in [2.24, 2.45) is 0 Å². The van der Waals surface area contributed by atoms with Crippen molar-refractivity contribution < 1.29 is 17.5 Å². The molecule has 0 N–H and O–H groups in total. The number of piperazine rings is 1. The second-order valence-corrected chi connectivity index (χ2v) is 11.3. The summed E-state index contributed by atoms with van der Waals surface area (Å²) in [5, 5.41) is 0.664.